The van der Waals surface area contributed by atoms with Crippen LogP contribution in [0.1, 0.15) is 16.8 Å². The van der Waals surface area contributed by atoms with Gasteiger partial charge in [-0.3, -0.25) is 14.4 Å². The van der Waals surface area contributed by atoms with Gasteiger partial charge in [-0.1, -0.05) is 23.7 Å². The van der Waals surface area contributed by atoms with Gasteiger partial charge in [-0.25, -0.2) is 0 Å². The Morgan fingerprint density at radius 3 is 2.48 bits per heavy atom. The predicted molar refractivity (Wildman–Crippen MR) is 86.3 cm³/mol. The molecule has 1 aromatic rings. The fourth-order valence-electron chi connectivity index (χ4n) is 1.65. The maximum absolute atomic E-state index is 11.9. The van der Waals surface area contributed by atoms with Crippen molar-refractivity contribution in [3.8, 4) is 0 Å². The third-order valence-corrected chi connectivity index (χ3v) is 3.16. The minimum absolute atomic E-state index is 0.0710. The van der Waals surface area contributed by atoms with Crippen LogP contribution in [0.15, 0.2) is 24.3 Å². The minimum Gasteiger partial charge on any atom is -0.383 e. The summed E-state index contributed by atoms with van der Waals surface area (Å²) in [6, 6.07) is 6.65. The van der Waals surface area contributed by atoms with E-state index in [2.05, 4.69) is 16.0 Å². The molecule has 0 bridgehead atoms. The van der Waals surface area contributed by atoms with E-state index >= 15 is 0 Å². The Bertz CT molecular complexity index is 551. The molecule has 0 spiro atoms. The predicted octanol–water partition coefficient (Wildman–Crippen LogP) is 0.339. The smallest absolute Gasteiger partial charge is 0.252 e. The van der Waals surface area contributed by atoms with Crippen molar-refractivity contribution in [2.75, 3.05) is 33.4 Å². The Morgan fingerprint density at radius 2 is 1.78 bits per heavy atom. The van der Waals surface area contributed by atoms with Crippen molar-refractivity contribution in [2.24, 2.45) is 0 Å². The van der Waals surface area contributed by atoms with Crippen LogP contribution >= 0.6 is 11.6 Å². The second-order valence-corrected chi connectivity index (χ2v) is 5.01. The van der Waals surface area contributed by atoms with E-state index in [1.54, 1.807) is 24.3 Å². The first-order valence-corrected chi connectivity index (χ1v) is 7.47. The fourth-order valence-corrected chi connectivity index (χ4v) is 1.87. The van der Waals surface area contributed by atoms with Gasteiger partial charge in [0.25, 0.3) is 5.91 Å². The van der Waals surface area contributed by atoms with Crippen LogP contribution in [-0.2, 0) is 14.3 Å². The lowest BCUT2D eigenvalue weighted by Crippen LogP contribution is -2.39. The standard InChI is InChI=1S/C15H20ClN3O4/c1-23-9-8-17-14(21)10-19-13(20)6-7-18-15(22)11-4-2-3-5-12(11)16/h2-5H,6-10H2,1H3,(H,17,21)(H,18,22)(H,19,20). The molecule has 126 valence electrons. The van der Waals surface area contributed by atoms with E-state index in [1.807, 2.05) is 0 Å². The van der Waals surface area contributed by atoms with Gasteiger partial charge in [-0.2, -0.15) is 0 Å². The SMILES string of the molecule is COCCNC(=O)CNC(=O)CCNC(=O)c1ccccc1Cl. The molecule has 0 aliphatic heterocycles. The van der Waals surface area contributed by atoms with Crippen molar-refractivity contribution in [1.29, 1.82) is 0 Å². The zero-order valence-electron chi connectivity index (χ0n) is 12.9. The average molecular weight is 342 g/mol. The highest BCUT2D eigenvalue weighted by atomic mass is 35.5. The maximum atomic E-state index is 11.9. The van der Waals surface area contributed by atoms with Gasteiger partial charge in [0.2, 0.25) is 11.8 Å². The molecule has 0 fully saturated rings. The largest absolute Gasteiger partial charge is 0.383 e. The molecule has 1 aromatic carbocycles. The van der Waals surface area contributed by atoms with Gasteiger partial charge >= 0.3 is 0 Å². The summed E-state index contributed by atoms with van der Waals surface area (Å²) in [5.74, 6) is -0.970. The van der Waals surface area contributed by atoms with Crippen LogP contribution in [-0.4, -0.2) is 51.1 Å². The Kier molecular flexibility index (Phi) is 8.71. The van der Waals surface area contributed by atoms with Gasteiger partial charge in [-0.05, 0) is 12.1 Å². The molecule has 0 unspecified atom stereocenters. The summed E-state index contributed by atoms with van der Waals surface area (Å²) in [7, 11) is 1.53. The molecule has 3 N–H and O–H groups in total. The molecule has 0 atom stereocenters. The molecule has 0 saturated heterocycles. The van der Waals surface area contributed by atoms with Crippen molar-refractivity contribution >= 4 is 29.3 Å². The molecule has 1 rings (SSSR count). The summed E-state index contributed by atoms with van der Waals surface area (Å²) < 4.78 is 4.79. The van der Waals surface area contributed by atoms with Crippen LogP contribution in [0.5, 0.6) is 0 Å². The topological polar surface area (TPSA) is 96.5 Å². The minimum atomic E-state index is -0.347. The first-order valence-electron chi connectivity index (χ1n) is 7.09. The summed E-state index contributed by atoms with van der Waals surface area (Å²) in [4.78, 5) is 34.8. The lowest BCUT2D eigenvalue weighted by atomic mass is 10.2. The van der Waals surface area contributed by atoms with E-state index in [9.17, 15) is 14.4 Å². The average Bonchev–Trinajstić information content (AvgIpc) is 2.53. The highest BCUT2D eigenvalue weighted by molar-refractivity contribution is 6.33. The Balaban J connectivity index is 2.20. The summed E-state index contributed by atoms with van der Waals surface area (Å²) in [5.41, 5.74) is 0.354. The number of carbonyl (C=O) groups is 3. The van der Waals surface area contributed by atoms with Crippen molar-refractivity contribution < 1.29 is 19.1 Å². The van der Waals surface area contributed by atoms with Crippen LogP contribution in [0.25, 0.3) is 0 Å². The van der Waals surface area contributed by atoms with Crippen molar-refractivity contribution in [2.45, 2.75) is 6.42 Å². The molecule has 0 aliphatic carbocycles. The Labute approximate surface area is 139 Å². The van der Waals surface area contributed by atoms with E-state index in [-0.39, 0.29) is 37.2 Å². The number of rotatable bonds is 9. The summed E-state index contributed by atoms with van der Waals surface area (Å²) in [5, 5.41) is 7.99. The maximum Gasteiger partial charge on any atom is 0.252 e. The summed E-state index contributed by atoms with van der Waals surface area (Å²) in [6.07, 6.45) is 0.0710. The van der Waals surface area contributed by atoms with Crippen LogP contribution in [0, 0.1) is 0 Å². The molecular formula is C15H20ClN3O4. The molecule has 8 heteroatoms. The molecule has 23 heavy (non-hydrogen) atoms. The molecule has 0 heterocycles. The zero-order valence-corrected chi connectivity index (χ0v) is 13.6. The first-order chi connectivity index (χ1) is 11.0. The Morgan fingerprint density at radius 1 is 1.04 bits per heavy atom. The Hall–Kier alpha value is -2.12. The zero-order chi connectivity index (χ0) is 17.1. The molecular weight excluding hydrogens is 322 g/mol. The van der Waals surface area contributed by atoms with E-state index in [1.165, 1.54) is 7.11 Å². The molecule has 0 aliphatic rings. The number of hydrogen-bond acceptors (Lipinski definition) is 4. The number of hydrogen-bond donors (Lipinski definition) is 3. The quantitative estimate of drug-likeness (QED) is 0.564. The van der Waals surface area contributed by atoms with Crippen LogP contribution < -0.4 is 16.0 Å². The van der Waals surface area contributed by atoms with Crippen LogP contribution in [0.2, 0.25) is 5.02 Å². The fraction of sp³-hybridized carbons (Fsp3) is 0.400. The summed E-state index contributed by atoms with van der Waals surface area (Å²) in [6.45, 7) is 0.842. The number of carbonyl (C=O) groups excluding carboxylic acids is 3. The number of benzene rings is 1. The van der Waals surface area contributed by atoms with Gasteiger partial charge in [-0.15, -0.1) is 0 Å². The molecule has 7 nitrogen and oxygen atoms in total. The lowest BCUT2D eigenvalue weighted by Gasteiger charge is -2.08. The molecule has 0 radical (unpaired) electrons. The van der Waals surface area contributed by atoms with E-state index in [0.29, 0.717) is 23.7 Å². The van der Waals surface area contributed by atoms with Gasteiger partial charge < -0.3 is 20.7 Å². The second-order valence-electron chi connectivity index (χ2n) is 4.61. The van der Waals surface area contributed by atoms with E-state index in [0.717, 1.165) is 0 Å². The van der Waals surface area contributed by atoms with Crippen LogP contribution in [0.3, 0.4) is 0 Å². The second kappa shape index (κ2) is 10.6. The highest BCUT2D eigenvalue weighted by Crippen LogP contribution is 2.14. The number of amides is 3. The van der Waals surface area contributed by atoms with E-state index < -0.39 is 0 Å². The summed E-state index contributed by atoms with van der Waals surface area (Å²) >= 11 is 5.90. The highest BCUT2D eigenvalue weighted by Gasteiger charge is 2.10. The molecule has 0 aromatic heterocycles. The number of ether oxygens (including phenoxy) is 1. The number of methoxy groups -OCH3 is 1. The third kappa shape index (κ3) is 7.62. The normalized spacial score (nSPS) is 10.0. The molecule has 3 amide bonds. The van der Waals surface area contributed by atoms with Gasteiger partial charge in [0.05, 0.1) is 23.7 Å². The van der Waals surface area contributed by atoms with Crippen molar-refractivity contribution in [3.63, 3.8) is 0 Å². The first kappa shape index (κ1) is 18.9. The van der Waals surface area contributed by atoms with E-state index in [4.69, 9.17) is 16.3 Å². The van der Waals surface area contributed by atoms with Crippen molar-refractivity contribution in [3.05, 3.63) is 34.9 Å². The number of halogens is 1. The third-order valence-electron chi connectivity index (χ3n) is 2.83. The lowest BCUT2D eigenvalue weighted by molar-refractivity contribution is -0.126. The van der Waals surface area contributed by atoms with Crippen molar-refractivity contribution in [1.82, 2.24) is 16.0 Å². The van der Waals surface area contributed by atoms with Gasteiger partial charge in [0, 0.05) is 26.6 Å². The molecule has 0 saturated carbocycles. The van der Waals surface area contributed by atoms with Crippen LogP contribution in [0.4, 0.5) is 0 Å². The van der Waals surface area contributed by atoms with Gasteiger partial charge in [0.1, 0.15) is 0 Å². The monoisotopic (exact) mass is 341 g/mol. The number of nitrogens with one attached hydrogen (secondary N) is 3. The van der Waals surface area contributed by atoms with Gasteiger partial charge in [0.15, 0.2) is 0 Å².